The topological polar surface area (TPSA) is 76.9 Å². The molecule has 0 unspecified atom stereocenters. The van der Waals surface area contributed by atoms with Gasteiger partial charge in [-0.3, -0.25) is 9.59 Å². The van der Waals surface area contributed by atoms with E-state index in [-0.39, 0.29) is 17.5 Å². The van der Waals surface area contributed by atoms with Crippen LogP contribution in [0, 0.1) is 11.3 Å². The summed E-state index contributed by atoms with van der Waals surface area (Å²) in [5.74, 6) is 0.147. The van der Waals surface area contributed by atoms with Gasteiger partial charge in [-0.15, -0.1) is 16.4 Å². The van der Waals surface area contributed by atoms with E-state index in [4.69, 9.17) is 23.2 Å². The molecule has 1 amide bonds. The Morgan fingerprint density at radius 3 is 2.83 bits per heavy atom. The number of carbonyl (C=O) groups is 1. The summed E-state index contributed by atoms with van der Waals surface area (Å²) in [5, 5.41) is 12.3. The van der Waals surface area contributed by atoms with Crippen LogP contribution in [-0.2, 0) is 24.2 Å². The summed E-state index contributed by atoms with van der Waals surface area (Å²) in [5.41, 5.74) is 1.40. The molecule has 2 aromatic heterocycles. The molecule has 6 nitrogen and oxygen atoms in total. The van der Waals surface area contributed by atoms with Gasteiger partial charge in [0.25, 0.3) is 5.56 Å². The molecular weight excluding hydrogens is 443 g/mol. The maximum atomic E-state index is 13.1. The van der Waals surface area contributed by atoms with Crippen LogP contribution in [0.2, 0.25) is 10.0 Å². The zero-order valence-corrected chi connectivity index (χ0v) is 19.3. The highest BCUT2D eigenvalue weighted by atomic mass is 35.5. The predicted octanol–water partition coefficient (Wildman–Crippen LogP) is 4.95. The van der Waals surface area contributed by atoms with Crippen molar-refractivity contribution < 1.29 is 4.79 Å². The SMILES string of the molecule is CC(C)(C)[C@H]1CCc2c(sc3nnn(CC(=O)Nc4cc(Cl)ccc4Cl)c(=O)c23)C1. The first-order chi connectivity index (χ1) is 14.1. The molecule has 3 aromatic rings. The molecular formula is C21H22Cl2N4O2S. The fourth-order valence-electron chi connectivity index (χ4n) is 3.89. The zero-order chi connectivity index (χ0) is 21.6. The molecule has 0 saturated carbocycles. The Hall–Kier alpha value is -1.96. The highest BCUT2D eigenvalue weighted by Crippen LogP contribution is 2.41. The number of aryl methyl sites for hydroxylation is 1. The van der Waals surface area contributed by atoms with Crippen molar-refractivity contribution in [3.8, 4) is 0 Å². The number of fused-ring (bicyclic) bond motifs is 3. The Morgan fingerprint density at radius 2 is 2.10 bits per heavy atom. The van der Waals surface area contributed by atoms with E-state index in [1.54, 1.807) is 29.5 Å². The van der Waals surface area contributed by atoms with Gasteiger partial charge in [0.15, 0.2) is 4.83 Å². The molecule has 1 N–H and O–H groups in total. The molecule has 0 spiro atoms. The van der Waals surface area contributed by atoms with Crippen LogP contribution in [-0.4, -0.2) is 20.9 Å². The maximum absolute atomic E-state index is 13.1. The van der Waals surface area contributed by atoms with E-state index in [0.29, 0.717) is 31.9 Å². The van der Waals surface area contributed by atoms with Crippen LogP contribution < -0.4 is 10.9 Å². The lowest BCUT2D eigenvalue weighted by molar-refractivity contribution is -0.117. The molecule has 0 radical (unpaired) electrons. The lowest BCUT2D eigenvalue weighted by Crippen LogP contribution is -2.31. The van der Waals surface area contributed by atoms with Gasteiger partial charge in [-0.25, -0.2) is 4.68 Å². The number of nitrogens with one attached hydrogen (secondary N) is 1. The standard InChI is InChI=1S/C21H22Cl2N4O2S/c1-21(2,3)11-4-6-13-16(8-11)30-19-18(13)20(29)27(26-25-19)10-17(28)24-15-9-12(22)5-7-14(15)23/h5,7,9,11H,4,6,8,10H2,1-3H3,(H,24,28)/t11-/m0/s1. The second kappa shape index (κ2) is 7.94. The molecule has 158 valence electrons. The number of halogens is 2. The Morgan fingerprint density at radius 1 is 1.33 bits per heavy atom. The number of benzene rings is 1. The molecule has 4 rings (SSSR count). The summed E-state index contributed by atoms with van der Waals surface area (Å²) < 4.78 is 1.11. The molecule has 0 saturated heterocycles. The van der Waals surface area contributed by atoms with Gasteiger partial charge in [-0.05, 0) is 54.4 Å². The van der Waals surface area contributed by atoms with Crippen LogP contribution in [0.5, 0.6) is 0 Å². The lowest BCUT2D eigenvalue weighted by Gasteiger charge is -2.33. The van der Waals surface area contributed by atoms with Crippen molar-refractivity contribution in [3.05, 3.63) is 49.0 Å². The van der Waals surface area contributed by atoms with Gasteiger partial charge >= 0.3 is 0 Å². The predicted molar refractivity (Wildman–Crippen MR) is 122 cm³/mol. The van der Waals surface area contributed by atoms with Crippen LogP contribution in [0.25, 0.3) is 10.2 Å². The van der Waals surface area contributed by atoms with Gasteiger partial charge in [0, 0.05) is 9.90 Å². The van der Waals surface area contributed by atoms with Crippen molar-refractivity contribution in [1.82, 2.24) is 15.0 Å². The van der Waals surface area contributed by atoms with Crippen molar-refractivity contribution in [1.29, 1.82) is 0 Å². The third kappa shape index (κ3) is 4.11. The number of anilines is 1. The fraction of sp³-hybridized carbons (Fsp3) is 0.429. The molecule has 2 heterocycles. The van der Waals surface area contributed by atoms with Crippen molar-refractivity contribution in [2.75, 3.05) is 5.32 Å². The number of nitrogens with zero attached hydrogens (tertiary/aromatic N) is 3. The van der Waals surface area contributed by atoms with Crippen molar-refractivity contribution in [3.63, 3.8) is 0 Å². The van der Waals surface area contributed by atoms with E-state index in [9.17, 15) is 9.59 Å². The normalized spacial score (nSPS) is 16.5. The largest absolute Gasteiger partial charge is 0.323 e. The number of amides is 1. The van der Waals surface area contributed by atoms with Crippen molar-refractivity contribution >= 4 is 56.3 Å². The molecule has 1 aromatic carbocycles. The van der Waals surface area contributed by atoms with Gasteiger partial charge in [-0.2, -0.15) is 0 Å². The summed E-state index contributed by atoms with van der Waals surface area (Å²) in [6.45, 7) is 6.52. The van der Waals surface area contributed by atoms with Gasteiger partial charge in [0.1, 0.15) is 6.54 Å². The minimum atomic E-state index is -0.424. The third-order valence-corrected chi connectivity index (χ3v) is 7.36. The van der Waals surface area contributed by atoms with Crippen LogP contribution in [0.4, 0.5) is 5.69 Å². The number of rotatable bonds is 3. The summed E-state index contributed by atoms with van der Waals surface area (Å²) in [6.07, 6.45) is 2.84. The van der Waals surface area contributed by atoms with Gasteiger partial charge < -0.3 is 5.32 Å². The molecule has 30 heavy (non-hydrogen) atoms. The second-order valence-corrected chi connectivity index (χ2v) is 10.6. The first-order valence-electron chi connectivity index (χ1n) is 9.76. The Bertz CT molecular complexity index is 1200. The molecule has 1 atom stereocenters. The molecule has 0 aliphatic heterocycles. The monoisotopic (exact) mass is 464 g/mol. The number of hydrogen-bond acceptors (Lipinski definition) is 5. The van der Waals surface area contributed by atoms with E-state index in [0.717, 1.165) is 29.5 Å². The summed E-state index contributed by atoms with van der Waals surface area (Å²) >= 11 is 13.6. The Balaban J connectivity index is 1.61. The zero-order valence-electron chi connectivity index (χ0n) is 17.0. The lowest BCUT2D eigenvalue weighted by atomic mass is 9.72. The summed E-state index contributed by atoms with van der Waals surface area (Å²) in [4.78, 5) is 27.4. The number of hydrogen-bond donors (Lipinski definition) is 1. The number of carbonyl (C=O) groups excluding carboxylic acids is 1. The Labute approximate surface area is 188 Å². The van der Waals surface area contributed by atoms with Gasteiger partial charge in [0.05, 0.1) is 16.1 Å². The maximum Gasteiger partial charge on any atom is 0.279 e. The van der Waals surface area contributed by atoms with Gasteiger partial charge in [0.2, 0.25) is 5.91 Å². The van der Waals surface area contributed by atoms with Crippen LogP contribution in [0.1, 0.15) is 37.6 Å². The van der Waals surface area contributed by atoms with E-state index in [2.05, 4.69) is 36.4 Å². The number of aromatic nitrogens is 3. The highest BCUT2D eigenvalue weighted by Gasteiger charge is 2.32. The highest BCUT2D eigenvalue weighted by molar-refractivity contribution is 7.18. The molecule has 9 heteroatoms. The molecule has 1 aliphatic carbocycles. The minimum Gasteiger partial charge on any atom is -0.323 e. The van der Waals surface area contributed by atoms with Crippen LogP contribution >= 0.6 is 34.5 Å². The number of thiophene rings is 1. The quantitative estimate of drug-likeness (QED) is 0.594. The van der Waals surface area contributed by atoms with Gasteiger partial charge in [-0.1, -0.05) is 49.2 Å². The summed E-state index contributed by atoms with van der Waals surface area (Å²) in [6, 6.07) is 4.79. The van der Waals surface area contributed by atoms with Crippen LogP contribution in [0.15, 0.2) is 23.0 Å². The molecule has 0 bridgehead atoms. The molecule has 1 aliphatic rings. The Kier molecular flexibility index (Phi) is 5.64. The van der Waals surface area contributed by atoms with E-state index < -0.39 is 5.91 Å². The molecule has 0 fully saturated rings. The smallest absolute Gasteiger partial charge is 0.279 e. The minimum absolute atomic E-state index is 0.222. The van der Waals surface area contributed by atoms with E-state index in [1.807, 2.05) is 0 Å². The van der Waals surface area contributed by atoms with Crippen LogP contribution in [0.3, 0.4) is 0 Å². The second-order valence-electron chi connectivity index (χ2n) is 8.71. The fourth-order valence-corrected chi connectivity index (χ4v) is 5.46. The van der Waals surface area contributed by atoms with E-state index >= 15 is 0 Å². The first-order valence-corrected chi connectivity index (χ1v) is 11.3. The average molecular weight is 465 g/mol. The van der Waals surface area contributed by atoms with Crippen molar-refractivity contribution in [2.24, 2.45) is 11.3 Å². The first kappa shape index (κ1) is 21.3. The van der Waals surface area contributed by atoms with E-state index in [1.165, 1.54) is 4.88 Å². The van der Waals surface area contributed by atoms with Crippen molar-refractivity contribution in [2.45, 2.75) is 46.6 Å². The summed E-state index contributed by atoms with van der Waals surface area (Å²) in [7, 11) is 0. The third-order valence-electron chi connectivity index (χ3n) is 5.66. The average Bonchev–Trinajstić information content (AvgIpc) is 3.04.